The number of rotatable bonds is 4. The van der Waals surface area contributed by atoms with Crippen molar-refractivity contribution in [1.29, 1.82) is 0 Å². The molecule has 140 valence electrons. The summed E-state index contributed by atoms with van der Waals surface area (Å²) in [6.07, 6.45) is -4.74. The number of hydrazine groups is 1. The van der Waals surface area contributed by atoms with Crippen molar-refractivity contribution < 1.29 is 32.0 Å². The number of carbonyl (C=O) groups excluding carboxylic acids is 3. The van der Waals surface area contributed by atoms with Crippen molar-refractivity contribution in [3.05, 3.63) is 23.6 Å². The smallest absolute Gasteiger partial charge is 0.430 e. The number of nitrogens with one attached hydrogen (secondary N) is 3. The second-order valence-electron chi connectivity index (χ2n) is 4.67. The van der Waals surface area contributed by atoms with Gasteiger partial charge in [-0.25, -0.2) is 4.98 Å². The third-order valence-electron chi connectivity index (χ3n) is 2.87. The molecule has 0 fully saturated rings. The minimum absolute atomic E-state index is 0.0645. The second kappa shape index (κ2) is 7.79. The van der Waals surface area contributed by atoms with E-state index in [4.69, 9.17) is 27.6 Å². The number of hydrogen-bond acceptors (Lipinski definition) is 5. The molecule has 0 radical (unpaired) electrons. The van der Waals surface area contributed by atoms with E-state index in [2.05, 4.69) is 10.3 Å². The molecule has 0 aliphatic carbocycles. The van der Waals surface area contributed by atoms with E-state index in [0.717, 1.165) is 6.07 Å². The monoisotopic (exact) mass is 412 g/mol. The van der Waals surface area contributed by atoms with Crippen LogP contribution >= 0.6 is 23.2 Å². The molecule has 0 atom stereocenters. The van der Waals surface area contributed by atoms with Gasteiger partial charge >= 0.3 is 12.1 Å². The number of fused-ring (bicyclic) bond motifs is 1. The molecule has 0 saturated heterocycles. The van der Waals surface area contributed by atoms with Gasteiger partial charge in [-0.15, -0.1) is 23.2 Å². The van der Waals surface area contributed by atoms with Crippen LogP contribution in [0.1, 0.15) is 16.2 Å². The van der Waals surface area contributed by atoms with E-state index in [0.29, 0.717) is 6.07 Å². The summed E-state index contributed by atoms with van der Waals surface area (Å²) < 4.78 is 43.3. The fourth-order valence-corrected chi connectivity index (χ4v) is 1.94. The van der Waals surface area contributed by atoms with Gasteiger partial charge < -0.3 is 9.73 Å². The van der Waals surface area contributed by atoms with Gasteiger partial charge in [0, 0.05) is 0 Å². The van der Waals surface area contributed by atoms with Gasteiger partial charge in [0.15, 0.2) is 0 Å². The van der Waals surface area contributed by atoms with Crippen LogP contribution in [0.3, 0.4) is 0 Å². The van der Waals surface area contributed by atoms with Gasteiger partial charge in [0.05, 0.1) is 5.39 Å². The summed E-state index contributed by atoms with van der Waals surface area (Å²) in [6, 6.07) is 1.64. The third-order valence-corrected chi connectivity index (χ3v) is 3.36. The Morgan fingerprint density at radius 3 is 2.31 bits per heavy atom. The molecule has 0 saturated carbocycles. The lowest BCUT2D eigenvalue weighted by molar-refractivity contribution is -0.141. The minimum atomic E-state index is -4.74. The maximum atomic E-state index is 12.8. The summed E-state index contributed by atoms with van der Waals surface area (Å²) in [5.74, 6) is -4.06. The molecule has 0 aliphatic rings. The Morgan fingerprint density at radius 1 is 1.08 bits per heavy atom. The van der Waals surface area contributed by atoms with Crippen molar-refractivity contribution in [2.75, 3.05) is 17.1 Å². The van der Waals surface area contributed by atoms with Crippen LogP contribution in [0.5, 0.6) is 0 Å². The Morgan fingerprint density at radius 2 is 1.73 bits per heavy atom. The molecule has 3 amide bonds. The highest BCUT2D eigenvalue weighted by molar-refractivity contribution is 6.30. The van der Waals surface area contributed by atoms with Gasteiger partial charge in [-0.3, -0.25) is 25.2 Å². The Hall–Kier alpha value is -2.53. The van der Waals surface area contributed by atoms with Crippen molar-refractivity contribution in [3.8, 4) is 0 Å². The molecular formula is C13H9Cl2F3N4O4. The summed E-state index contributed by atoms with van der Waals surface area (Å²) in [6.45, 7) is 0. The summed E-state index contributed by atoms with van der Waals surface area (Å²) in [5, 5.41) is 2.17. The standard InChI is InChI=1S/C13H9Cl2F3N4O4/c14-3-7(23)20-9-5-1-2-6(13(16,17)18)19-12(5)26-10(9)11(25)22-21-8(24)4-15/h1-2H,3-4H2,(H,20,23)(H,21,24)(H,22,25). The Balaban J connectivity index is 2.48. The van der Waals surface area contributed by atoms with Crippen molar-refractivity contribution in [2.45, 2.75) is 6.18 Å². The van der Waals surface area contributed by atoms with Crippen LogP contribution in [-0.2, 0) is 15.8 Å². The van der Waals surface area contributed by atoms with Gasteiger partial charge in [-0.05, 0) is 12.1 Å². The van der Waals surface area contributed by atoms with E-state index in [-0.39, 0.29) is 11.1 Å². The van der Waals surface area contributed by atoms with Crippen LogP contribution in [-0.4, -0.2) is 34.5 Å². The van der Waals surface area contributed by atoms with Crippen molar-refractivity contribution in [3.63, 3.8) is 0 Å². The first-order valence-electron chi connectivity index (χ1n) is 6.69. The third kappa shape index (κ3) is 4.35. The maximum Gasteiger partial charge on any atom is 0.433 e. The lowest BCUT2D eigenvalue weighted by Crippen LogP contribution is -2.42. The number of hydrogen-bond donors (Lipinski definition) is 3. The van der Waals surface area contributed by atoms with E-state index in [1.165, 1.54) is 0 Å². The molecule has 0 aliphatic heterocycles. The first kappa shape index (κ1) is 19.8. The molecule has 0 unspecified atom stereocenters. The van der Waals surface area contributed by atoms with Crippen molar-refractivity contribution in [2.24, 2.45) is 0 Å². The highest BCUT2D eigenvalue weighted by atomic mass is 35.5. The number of alkyl halides is 5. The fourth-order valence-electron chi connectivity index (χ4n) is 1.81. The molecule has 2 rings (SSSR count). The van der Waals surface area contributed by atoms with Crippen LogP contribution in [0, 0.1) is 0 Å². The number of nitrogens with zero attached hydrogens (tertiary/aromatic N) is 1. The number of anilines is 1. The van der Waals surface area contributed by atoms with E-state index in [9.17, 15) is 27.6 Å². The Bertz CT molecular complexity index is 869. The first-order chi connectivity index (χ1) is 12.2. The van der Waals surface area contributed by atoms with E-state index < -0.39 is 52.8 Å². The zero-order valence-electron chi connectivity index (χ0n) is 12.5. The molecule has 26 heavy (non-hydrogen) atoms. The van der Waals surface area contributed by atoms with Crippen LogP contribution in [0.15, 0.2) is 16.5 Å². The molecule has 3 N–H and O–H groups in total. The molecule has 2 aromatic rings. The molecular weight excluding hydrogens is 404 g/mol. The van der Waals surface area contributed by atoms with Crippen molar-refractivity contribution >= 4 is 57.7 Å². The summed E-state index contributed by atoms with van der Waals surface area (Å²) in [7, 11) is 0. The zero-order chi connectivity index (χ0) is 19.5. The van der Waals surface area contributed by atoms with Gasteiger partial charge in [-0.1, -0.05) is 0 Å². The van der Waals surface area contributed by atoms with E-state index >= 15 is 0 Å². The van der Waals surface area contributed by atoms with Crippen molar-refractivity contribution in [1.82, 2.24) is 15.8 Å². The molecule has 13 heteroatoms. The number of aromatic nitrogens is 1. The molecule has 8 nitrogen and oxygen atoms in total. The molecule has 2 heterocycles. The summed E-state index contributed by atoms with van der Waals surface area (Å²) in [5.41, 5.74) is 1.83. The van der Waals surface area contributed by atoms with Crippen LogP contribution < -0.4 is 16.2 Å². The van der Waals surface area contributed by atoms with Crippen LogP contribution in [0.2, 0.25) is 0 Å². The lowest BCUT2D eigenvalue weighted by Gasteiger charge is -2.06. The normalized spacial score (nSPS) is 11.3. The SMILES string of the molecule is O=C(CCl)NNC(=O)c1oc2nc(C(F)(F)F)ccc2c1NC(=O)CCl. The fraction of sp³-hybridized carbons (Fsp3) is 0.231. The Labute approximate surface area is 153 Å². The van der Waals surface area contributed by atoms with Crippen LogP contribution in [0.4, 0.5) is 18.9 Å². The zero-order valence-corrected chi connectivity index (χ0v) is 14.1. The van der Waals surface area contributed by atoms with Gasteiger partial charge in [0.2, 0.25) is 17.4 Å². The number of carbonyl (C=O) groups is 3. The average Bonchev–Trinajstić information content (AvgIpc) is 2.96. The largest absolute Gasteiger partial charge is 0.433 e. The Kier molecular flexibility index (Phi) is 5.93. The number of halogens is 5. The van der Waals surface area contributed by atoms with Crippen LogP contribution in [0.25, 0.3) is 11.1 Å². The predicted molar refractivity (Wildman–Crippen MR) is 84.7 cm³/mol. The molecule has 2 aromatic heterocycles. The molecule has 0 bridgehead atoms. The van der Waals surface area contributed by atoms with Gasteiger partial charge in [0.1, 0.15) is 23.1 Å². The minimum Gasteiger partial charge on any atom is -0.430 e. The van der Waals surface area contributed by atoms with Gasteiger partial charge in [0.25, 0.3) is 5.91 Å². The summed E-state index contributed by atoms with van der Waals surface area (Å²) in [4.78, 5) is 38.0. The average molecular weight is 413 g/mol. The quantitative estimate of drug-likeness (QED) is 0.525. The van der Waals surface area contributed by atoms with Gasteiger partial charge in [-0.2, -0.15) is 13.2 Å². The second-order valence-corrected chi connectivity index (χ2v) is 5.21. The highest BCUT2D eigenvalue weighted by Crippen LogP contribution is 2.34. The number of pyridine rings is 1. The predicted octanol–water partition coefficient (Wildman–Crippen LogP) is 2.02. The molecule has 0 spiro atoms. The summed E-state index contributed by atoms with van der Waals surface area (Å²) >= 11 is 10.6. The topological polar surface area (TPSA) is 113 Å². The number of amides is 3. The van der Waals surface area contributed by atoms with E-state index in [1.54, 1.807) is 0 Å². The maximum absolute atomic E-state index is 12.8. The first-order valence-corrected chi connectivity index (χ1v) is 7.76. The van der Waals surface area contributed by atoms with E-state index in [1.807, 2.05) is 10.9 Å². The lowest BCUT2D eigenvalue weighted by atomic mass is 10.2. The molecule has 0 aromatic carbocycles. The number of furan rings is 1. The highest BCUT2D eigenvalue weighted by Gasteiger charge is 2.34.